The molecule has 1 N–H and O–H groups in total. The SMILES string of the molecule is COc1ccccc1C(C)N[C@H](C)c1ccccc1OC. The van der Waals surface area contributed by atoms with E-state index in [-0.39, 0.29) is 12.1 Å². The summed E-state index contributed by atoms with van der Waals surface area (Å²) in [4.78, 5) is 0. The van der Waals surface area contributed by atoms with E-state index in [1.54, 1.807) is 14.2 Å². The third-order valence-corrected chi connectivity index (χ3v) is 3.71. The Labute approximate surface area is 126 Å². The molecule has 3 heteroatoms. The van der Waals surface area contributed by atoms with Crippen LogP contribution >= 0.6 is 0 Å². The van der Waals surface area contributed by atoms with Crippen molar-refractivity contribution in [2.75, 3.05) is 14.2 Å². The highest BCUT2D eigenvalue weighted by Crippen LogP contribution is 2.29. The Morgan fingerprint density at radius 2 is 1.10 bits per heavy atom. The molecule has 0 amide bonds. The van der Waals surface area contributed by atoms with Crippen molar-refractivity contribution in [3.8, 4) is 11.5 Å². The largest absolute Gasteiger partial charge is 0.496 e. The van der Waals surface area contributed by atoms with Crippen LogP contribution in [0.25, 0.3) is 0 Å². The van der Waals surface area contributed by atoms with Crippen LogP contribution in [-0.4, -0.2) is 14.2 Å². The van der Waals surface area contributed by atoms with Crippen LogP contribution in [-0.2, 0) is 0 Å². The first kappa shape index (κ1) is 15.4. The molecule has 0 saturated carbocycles. The van der Waals surface area contributed by atoms with E-state index in [2.05, 4.69) is 31.3 Å². The van der Waals surface area contributed by atoms with Gasteiger partial charge in [-0.1, -0.05) is 36.4 Å². The van der Waals surface area contributed by atoms with Crippen LogP contribution in [0.5, 0.6) is 11.5 Å². The highest BCUT2D eigenvalue weighted by atomic mass is 16.5. The van der Waals surface area contributed by atoms with E-state index < -0.39 is 0 Å². The predicted octanol–water partition coefficient (Wildman–Crippen LogP) is 4.12. The molecule has 0 aliphatic heterocycles. The second-order valence-electron chi connectivity index (χ2n) is 5.09. The first-order valence-electron chi connectivity index (χ1n) is 7.19. The van der Waals surface area contributed by atoms with Crippen molar-refractivity contribution < 1.29 is 9.47 Å². The summed E-state index contributed by atoms with van der Waals surface area (Å²) < 4.78 is 10.9. The maximum absolute atomic E-state index is 5.43. The Hall–Kier alpha value is -2.00. The highest BCUT2D eigenvalue weighted by molar-refractivity contribution is 5.38. The minimum Gasteiger partial charge on any atom is -0.496 e. The Morgan fingerprint density at radius 1 is 0.714 bits per heavy atom. The van der Waals surface area contributed by atoms with E-state index in [1.807, 2.05) is 36.4 Å². The fourth-order valence-electron chi connectivity index (χ4n) is 2.60. The first-order valence-corrected chi connectivity index (χ1v) is 7.19. The number of rotatable bonds is 6. The van der Waals surface area contributed by atoms with Crippen molar-refractivity contribution in [1.82, 2.24) is 5.32 Å². The van der Waals surface area contributed by atoms with E-state index in [9.17, 15) is 0 Å². The fraction of sp³-hybridized carbons (Fsp3) is 0.333. The van der Waals surface area contributed by atoms with Crippen molar-refractivity contribution in [1.29, 1.82) is 0 Å². The zero-order valence-electron chi connectivity index (χ0n) is 13.1. The van der Waals surface area contributed by atoms with Gasteiger partial charge in [0.2, 0.25) is 0 Å². The van der Waals surface area contributed by atoms with E-state index in [0.29, 0.717) is 0 Å². The molecule has 2 rings (SSSR count). The fourth-order valence-corrected chi connectivity index (χ4v) is 2.60. The molecule has 0 heterocycles. The molecular formula is C18H23NO2. The predicted molar refractivity (Wildman–Crippen MR) is 86.0 cm³/mol. The summed E-state index contributed by atoms with van der Waals surface area (Å²) in [6, 6.07) is 16.5. The van der Waals surface area contributed by atoms with Gasteiger partial charge in [0, 0.05) is 23.2 Å². The first-order chi connectivity index (χ1) is 10.2. The standard InChI is InChI=1S/C18H23NO2/c1-13(15-9-5-7-11-17(15)20-3)19-14(2)16-10-6-8-12-18(16)21-4/h5-14,19H,1-4H3/t13-,14?/m1/s1. The Balaban J connectivity index is 2.17. The van der Waals surface area contributed by atoms with Gasteiger partial charge in [0.15, 0.2) is 0 Å². The van der Waals surface area contributed by atoms with Gasteiger partial charge >= 0.3 is 0 Å². The van der Waals surface area contributed by atoms with E-state index in [0.717, 1.165) is 22.6 Å². The lowest BCUT2D eigenvalue weighted by Crippen LogP contribution is -2.23. The number of nitrogens with one attached hydrogen (secondary N) is 1. The number of benzene rings is 2. The van der Waals surface area contributed by atoms with Crippen LogP contribution in [0.4, 0.5) is 0 Å². The molecule has 2 aromatic carbocycles. The zero-order valence-corrected chi connectivity index (χ0v) is 13.1. The average Bonchev–Trinajstić information content (AvgIpc) is 2.54. The lowest BCUT2D eigenvalue weighted by molar-refractivity contribution is 0.386. The van der Waals surface area contributed by atoms with Gasteiger partial charge in [0.25, 0.3) is 0 Å². The normalized spacial score (nSPS) is 13.5. The molecule has 0 aliphatic carbocycles. The summed E-state index contributed by atoms with van der Waals surface area (Å²) in [5.41, 5.74) is 2.31. The van der Waals surface area contributed by atoms with Crippen molar-refractivity contribution in [2.45, 2.75) is 25.9 Å². The van der Waals surface area contributed by atoms with Crippen molar-refractivity contribution in [2.24, 2.45) is 0 Å². The molecule has 0 radical (unpaired) electrons. The van der Waals surface area contributed by atoms with E-state index in [4.69, 9.17) is 9.47 Å². The molecule has 21 heavy (non-hydrogen) atoms. The van der Waals surface area contributed by atoms with Crippen LogP contribution in [0.3, 0.4) is 0 Å². The smallest absolute Gasteiger partial charge is 0.123 e. The minimum absolute atomic E-state index is 0.182. The van der Waals surface area contributed by atoms with Gasteiger partial charge in [-0.15, -0.1) is 0 Å². The molecule has 0 fully saturated rings. The monoisotopic (exact) mass is 285 g/mol. The van der Waals surface area contributed by atoms with Gasteiger partial charge in [-0.2, -0.15) is 0 Å². The van der Waals surface area contributed by atoms with Gasteiger partial charge in [0.05, 0.1) is 14.2 Å². The summed E-state index contributed by atoms with van der Waals surface area (Å²) in [5, 5.41) is 3.60. The topological polar surface area (TPSA) is 30.5 Å². The lowest BCUT2D eigenvalue weighted by atomic mass is 10.0. The zero-order chi connectivity index (χ0) is 15.2. The summed E-state index contributed by atoms with van der Waals surface area (Å²) in [5.74, 6) is 1.81. The summed E-state index contributed by atoms with van der Waals surface area (Å²) in [7, 11) is 3.41. The number of hydrogen-bond acceptors (Lipinski definition) is 3. The second-order valence-corrected chi connectivity index (χ2v) is 5.09. The molecule has 112 valence electrons. The van der Waals surface area contributed by atoms with Crippen molar-refractivity contribution in [3.05, 3.63) is 59.7 Å². The van der Waals surface area contributed by atoms with Crippen molar-refractivity contribution in [3.63, 3.8) is 0 Å². The maximum atomic E-state index is 5.43. The molecule has 3 nitrogen and oxygen atoms in total. The van der Waals surface area contributed by atoms with Crippen LogP contribution in [0, 0.1) is 0 Å². The molecule has 2 aromatic rings. The molecule has 0 saturated heterocycles. The van der Waals surface area contributed by atoms with Crippen LogP contribution in [0.15, 0.2) is 48.5 Å². The summed E-state index contributed by atoms with van der Waals surface area (Å²) in [6.45, 7) is 4.29. The van der Waals surface area contributed by atoms with Gasteiger partial charge in [-0.25, -0.2) is 0 Å². The molecule has 0 aromatic heterocycles. The van der Waals surface area contributed by atoms with E-state index in [1.165, 1.54) is 0 Å². The molecule has 0 bridgehead atoms. The van der Waals surface area contributed by atoms with Crippen LogP contribution in [0.1, 0.15) is 37.1 Å². The number of para-hydroxylation sites is 2. The number of hydrogen-bond donors (Lipinski definition) is 1. The molecule has 1 unspecified atom stereocenters. The van der Waals surface area contributed by atoms with Gasteiger partial charge in [-0.3, -0.25) is 0 Å². The maximum Gasteiger partial charge on any atom is 0.123 e. The average molecular weight is 285 g/mol. The Morgan fingerprint density at radius 3 is 1.48 bits per heavy atom. The molecule has 0 spiro atoms. The van der Waals surface area contributed by atoms with Crippen LogP contribution in [0.2, 0.25) is 0 Å². The Bertz CT molecular complexity index is 531. The third kappa shape index (κ3) is 3.56. The number of methoxy groups -OCH3 is 2. The third-order valence-electron chi connectivity index (χ3n) is 3.71. The second kappa shape index (κ2) is 7.14. The van der Waals surface area contributed by atoms with Crippen LogP contribution < -0.4 is 14.8 Å². The van der Waals surface area contributed by atoms with Gasteiger partial charge in [-0.05, 0) is 26.0 Å². The Kier molecular flexibility index (Phi) is 5.23. The molecular weight excluding hydrogens is 262 g/mol. The summed E-state index contributed by atoms with van der Waals surface area (Å²) >= 11 is 0. The quantitative estimate of drug-likeness (QED) is 0.866. The van der Waals surface area contributed by atoms with Crippen molar-refractivity contribution >= 4 is 0 Å². The van der Waals surface area contributed by atoms with Gasteiger partial charge in [0.1, 0.15) is 11.5 Å². The lowest BCUT2D eigenvalue weighted by Gasteiger charge is -2.23. The van der Waals surface area contributed by atoms with E-state index >= 15 is 0 Å². The molecule has 2 atom stereocenters. The molecule has 0 aliphatic rings. The minimum atomic E-state index is 0.182. The number of ether oxygens (including phenoxy) is 2. The van der Waals surface area contributed by atoms with Gasteiger partial charge < -0.3 is 14.8 Å². The summed E-state index contributed by atoms with van der Waals surface area (Å²) in [6.07, 6.45) is 0. The highest BCUT2D eigenvalue weighted by Gasteiger charge is 2.16.